The second-order valence-corrected chi connectivity index (χ2v) is 8.87. The Hall–Kier alpha value is -3.28. The van der Waals surface area contributed by atoms with Crippen LogP contribution in [0, 0.1) is 11.3 Å². The lowest BCUT2D eigenvalue weighted by atomic mass is 9.87. The molecule has 2 unspecified atom stereocenters. The van der Waals surface area contributed by atoms with E-state index in [1.165, 1.54) is 6.20 Å². The summed E-state index contributed by atoms with van der Waals surface area (Å²) in [6.45, 7) is 0.560. The molecule has 1 aromatic heterocycles. The number of carbonyl (C=O) groups is 1. The predicted molar refractivity (Wildman–Crippen MR) is 126 cm³/mol. The molecule has 13 heteroatoms. The minimum absolute atomic E-state index is 0.00746. The van der Waals surface area contributed by atoms with Gasteiger partial charge in [0.05, 0.1) is 25.0 Å². The first-order valence-corrected chi connectivity index (χ1v) is 11.2. The Morgan fingerprint density at radius 2 is 1.92 bits per heavy atom. The minimum Gasteiger partial charge on any atom is -0.393 e. The van der Waals surface area contributed by atoms with Crippen LogP contribution < -0.4 is 10.6 Å². The van der Waals surface area contributed by atoms with Gasteiger partial charge in [-0.2, -0.15) is 13.2 Å². The Balaban J connectivity index is 1.84. The van der Waals surface area contributed by atoms with E-state index < -0.39 is 54.3 Å². The first-order chi connectivity index (χ1) is 16.8. The second-order valence-electron chi connectivity index (χ2n) is 8.43. The largest absolute Gasteiger partial charge is 0.434 e. The quantitative estimate of drug-likeness (QED) is 0.356. The number of aromatic nitrogens is 2. The highest BCUT2D eigenvalue weighted by Crippen LogP contribution is 2.35. The SMILES string of the molecule is CN/C=C(\C(=N)C(=O)N1CC(F)(F)CC(C)C1CNc1cnc(C(F)(F)F)cn1)c1ccc(Cl)cc1. The highest BCUT2D eigenvalue weighted by atomic mass is 35.5. The lowest BCUT2D eigenvalue weighted by molar-refractivity contribution is -0.145. The zero-order chi connectivity index (χ0) is 26.7. The van der Waals surface area contributed by atoms with Crippen LogP contribution in [0.25, 0.3) is 5.57 Å². The summed E-state index contributed by atoms with van der Waals surface area (Å²) in [7, 11) is 1.57. The number of alkyl halides is 5. The summed E-state index contributed by atoms with van der Waals surface area (Å²) >= 11 is 5.92. The molecule has 2 atom stereocenters. The number of benzene rings is 1. The fourth-order valence-corrected chi connectivity index (χ4v) is 4.11. The van der Waals surface area contributed by atoms with E-state index in [1.807, 2.05) is 0 Å². The summed E-state index contributed by atoms with van der Waals surface area (Å²) in [5, 5.41) is 14.5. The van der Waals surface area contributed by atoms with Crippen LogP contribution in [0.3, 0.4) is 0 Å². The second kappa shape index (κ2) is 10.8. The normalized spacial score (nSPS) is 20.1. The monoisotopic (exact) mass is 530 g/mol. The molecular formula is C23H24ClF5N6O. The molecule has 0 radical (unpaired) electrons. The number of nitrogens with one attached hydrogen (secondary N) is 3. The fraction of sp³-hybridized carbons (Fsp3) is 0.391. The molecule has 0 saturated carbocycles. The molecule has 1 aromatic carbocycles. The number of hydrogen-bond donors (Lipinski definition) is 3. The van der Waals surface area contributed by atoms with Crippen molar-refractivity contribution in [1.82, 2.24) is 20.2 Å². The molecule has 0 bridgehead atoms. The van der Waals surface area contributed by atoms with Gasteiger partial charge in [-0.1, -0.05) is 30.7 Å². The maximum atomic E-state index is 14.5. The molecule has 3 N–H and O–H groups in total. The van der Waals surface area contributed by atoms with E-state index in [4.69, 9.17) is 17.0 Å². The highest BCUT2D eigenvalue weighted by Gasteiger charge is 2.46. The van der Waals surface area contributed by atoms with Gasteiger partial charge >= 0.3 is 6.18 Å². The van der Waals surface area contributed by atoms with Crippen molar-refractivity contribution in [3.63, 3.8) is 0 Å². The Labute approximate surface area is 209 Å². The van der Waals surface area contributed by atoms with Gasteiger partial charge in [0.2, 0.25) is 0 Å². The number of carbonyl (C=O) groups excluding carboxylic acids is 1. The molecule has 2 aromatic rings. The van der Waals surface area contributed by atoms with E-state index in [0.29, 0.717) is 16.8 Å². The molecule has 7 nitrogen and oxygen atoms in total. The van der Waals surface area contributed by atoms with Crippen molar-refractivity contribution in [2.45, 2.75) is 31.5 Å². The number of halogens is 6. The van der Waals surface area contributed by atoms with E-state index in [0.717, 1.165) is 11.1 Å². The van der Waals surface area contributed by atoms with Gasteiger partial charge in [-0.05, 0) is 23.6 Å². The van der Waals surface area contributed by atoms with Crippen molar-refractivity contribution in [2.75, 3.05) is 25.5 Å². The maximum absolute atomic E-state index is 14.5. The summed E-state index contributed by atoms with van der Waals surface area (Å²) in [5.41, 5.74) is -1.01. The van der Waals surface area contributed by atoms with Crippen molar-refractivity contribution in [3.8, 4) is 0 Å². The predicted octanol–water partition coefficient (Wildman–Crippen LogP) is 4.71. The fourth-order valence-electron chi connectivity index (χ4n) is 3.99. The summed E-state index contributed by atoms with van der Waals surface area (Å²) in [6, 6.07) is 5.56. The molecule has 1 aliphatic heterocycles. The average molecular weight is 531 g/mol. The first kappa shape index (κ1) is 27.3. The van der Waals surface area contributed by atoms with Crippen molar-refractivity contribution >= 4 is 34.6 Å². The zero-order valence-electron chi connectivity index (χ0n) is 19.3. The maximum Gasteiger partial charge on any atom is 0.434 e. The van der Waals surface area contributed by atoms with E-state index in [2.05, 4.69) is 20.6 Å². The Kier molecular flexibility index (Phi) is 8.17. The van der Waals surface area contributed by atoms with Gasteiger partial charge in [-0.15, -0.1) is 0 Å². The number of anilines is 1. The molecule has 36 heavy (non-hydrogen) atoms. The molecule has 194 valence electrons. The number of rotatable bonds is 7. The van der Waals surface area contributed by atoms with Crippen LogP contribution in [-0.4, -0.2) is 58.6 Å². The zero-order valence-corrected chi connectivity index (χ0v) is 20.1. The van der Waals surface area contributed by atoms with E-state index in [-0.39, 0.29) is 17.9 Å². The van der Waals surface area contributed by atoms with Gasteiger partial charge in [-0.25, -0.2) is 18.7 Å². The van der Waals surface area contributed by atoms with Gasteiger partial charge in [-0.3, -0.25) is 10.2 Å². The molecule has 3 rings (SSSR count). The number of piperidine rings is 1. The van der Waals surface area contributed by atoms with Crippen LogP contribution in [0.1, 0.15) is 24.6 Å². The molecular weight excluding hydrogens is 507 g/mol. The number of amides is 1. The van der Waals surface area contributed by atoms with Crippen molar-refractivity contribution in [2.24, 2.45) is 5.92 Å². The highest BCUT2D eigenvalue weighted by molar-refractivity contribution is 6.54. The number of likely N-dealkylation sites (tertiary alicyclic amines) is 1. The van der Waals surface area contributed by atoms with Crippen LogP contribution in [0.15, 0.2) is 42.9 Å². The molecule has 2 heterocycles. The van der Waals surface area contributed by atoms with Crippen molar-refractivity contribution in [1.29, 1.82) is 5.41 Å². The summed E-state index contributed by atoms with van der Waals surface area (Å²) in [6.07, 6.45) is -2.29. The first-order valence-electron chi connectivity index (χ1n) is 10.9. The van der Waals surface area contributed by atoms with Crippen LogP contribution in [0.4, 0.5) is 27.8 Å². The van der Waals surface area contributed by atoms with Crippen LogP contribution in [-0.2, 0) is 11.0 Å². The minimum atomic E-state index is -4.65. The van der Waals surface area contributed by atoms with E-state index >= 15 is 0 Å². The molecule has 1 amide bonds. The van der Waals surface area contributed by atoms with E-state index in [1.54, 1.807) is 38.2 Å². The van der Waals surface area contributed by atoms with Gasteiger partial charge in [0.25, 0.3) is 11.8 Å². The Morgan fingerprint density at radius 3 is 2.47 bits per heavy atom. The number of hydrogen-bond acceptors (Lipinski definition) is 6. The van der Waals surface area contributed by atoms with E-state index in [9.17, 15) is 26.7 Å². The van der Waals surface area contributed by atoms with Gasteiger partial charge in [0.1, 0.15) is 11.5 Å². The molecule has 0 spiro atoms. The number of nitrogens with zero attached hydrogens (tertiary/aromatic N) is 3. The average Bonchev–Trinajstić information content (AvgIpc) is 2.80. The summed E-state index contributed by atoms with van der Waals surface area (Å²) in [4.78, 5) is 21.3. The lowest BCUT2D eigenvalue weighted by Crippen LogP contribution is -2.58. The van der Waals surface area contributed by atoms with Crippen molar-refractivity contribution in [3.05, 3.63) is 59.1 Å². The molecule has 1 aliphatic rings. The lowest BCUT2D eigenvalue weighted by Gasteiger charge is -2.43. The van der Waals surface area contributed by atoms with Crippen LogP contribution in [0.5, 0.6) is 0 Å². The standard InChI is InChI=1S/C23H24ClF5N6O/c1-13-7-22(25,26)12-35(17(13)9-33-19-11-32-18(10-34-19)23(27,28)29)21(36)20(30)16(8-31-2)14-3-5-15(24)6-4-14/h3-6,8,10-11,13,17,30-31H,7,9,12H2,1-2H3,(H,33,34)/b16-8-,30-20?. The van der Waals surface area contributed by atoms with Crippen molar-refractivity contribution < 1.29 is 26.7 Å². The van der Waals surface area contributed by atoms with Gasteiger partial charge in [0, 0.05) is 36.8 Å². The Morgan fingerprint density at radius 1 is 1.25 bits per heavy atom. The van der Waals surface area contributed by atoms with Gasteiger partial charge < -0.3 is 15.5 Å². The Bertz CT molecular complexity index is 1120. The topological polar surface area (TPSA) is 94.0 Å². The molecule has 0 aliphatic carbocycles. The third kappa shape index (κ3) is 6.48. The molecule has 1 saturated heterocycles. The summed E-state index contributed by atoms with van der Waals surface area (Å²) < 4.78 is 67.1. The van der Waals surface area contributed by atoms with Crippen LogP contribution in [0.2, 0.25) is 5.02 Å². The van der Waals surface area contributed by atoms with Crippen LogP contribution >= 0.6 is 11.6 Å². The summed E-state index contributed by atoms with van der Waals surface area (Å²) in [5.74, 6) is -4.78. The molecule has 1 fully saturated rings. The van der Waals surface area contributed by atoms with Gasteiger partial charge in [0.15, 0.2) is 5.69 Å². The third-order valence-corrected chi connectivity index (χ3v) is 5.95. The third-order valence-electron chi connectivity index (χ3n) is 5.70. The smallest absolute Gasteiger partial charge is 0.393 e.